The van der Waals surface area contributed by atoms with E-state index in [0.717, 1.165) is 10.0 Å². The zero-order valence-electron chi connectivity index (χ0n) is 12.9. The summed E-state index contributed by atoms with van der Waals surface area (Å²) in [4.78, 5) is 25.8. The van der Waals surface area contributed by atoms with Gasteiger partial charge in [-0.05, 0) is 18.2 Å². The molecule has 1 aromatic heterocycles. The Morgan fingerprint density at radius 1 is 1.25 bits per heavy atom. The molecule has 0 aliphatic carbocycles. The van der Waals surface area contributed by atoms with Crippen molar-refractivity contribution in [2.75, 3.05) is 32.8 Å². The van der Waals surface area contributed by atoms with Gasteiger partial charge >= 0.3 is 0 Å². The Hall–Kier alpha value is -2.19. The van der Waals surface area contributed by atoms with Crippen LogP contribution in [0.15, 0.2) is 34.8 Å². The predicted octanol–water partition coefficient (Wildman–Crippen LogP) is 1.43. The van der Waals surface area contributed by atoms with Crippen molar-refractivity contribution in [3.8, 4) is 11.3 Å². The van der Waals surface area contributed by atoms with Crippen molar-refractivity contribution in [2.45, 2.75) is 0 Å². The van der Waals surface area contributed by atoms with Gasteiger partial charge in [0.2, 0.25) is 5.91 Å². The van der Waals surface area contributed by atoms with Crippen LogP contribution in [0.1, 0.15) is 10.5 Å². The van der Waals surface area contributed by atoms with Gasteiger partial charge in [0.05, 0.1) is 25.5 Å². The van der Waals surface area contributed by atoms with Gasteiger partial charge < -0.3 is 15.0 Å². The molecular formula is C16H17BrN4O3. The summed E-state index contributed by atoms with van der Waals surface area (Å²) >= 11 is 3.38. The average molecular weight is 393 g/mol. The first-order chi connectivity index (χ1) is 11.6. The molecule has 0 radical (unpaired) electrons. The van der Waals surface area contributed by atoms with Gasteiger partial charge in [-0.1, -0.05) is 28.1 Å². The van der Waals surface area contributed by atoms with Crippen molar-refractivity contribution in [1.29, 1.82) is 0 Å². The number of amides is 2. The van der Waals surface area contributed by atoms with Gasteiger partial charge in [-0.15, -0.1) is 0 Å². The highest BCUT2D eigenvalue weighted by atomic mass is 79.9. The number of ether oxygens (including phenoxy) is 1. The number of halogens is 1. The first kappa shape index (κ1) is 16.7. The summed E-state index contributed by atoms with van der Waals surface area (Å²) in [6.07, 6.45) is 0. The second-order valence-electron chi connectivity index (χ2n) is 5.35. The molecule has 2 heterocycles. The maximum absolute atomic E-state index is 12.1. The number of morpholine rings is 1. The molecule has 2 N–H and O–H groups in total. The van der Waals surface area contributed by atoms with Gasteiger partial charge in [0, 0.05) is 23.1 Å². The van der Waals surface area contributed by atoms with E-state index in [1.165, 1.54) is 0 Å². The summed E-state index contributed by atoms with van der Waals surface area (Å²) in [5.74, 6) is -0.466. The van der Waals surface area contributed by atoms with Gasteiger partial charge in [0.15, 0.2) is 0 Å². The van der Waals surface area contributed by atoms with Crippen molar-refractivity contribution in [3.63, 3.8) is 0 Å². The van der Waals surface area contributed by atoms with Crippen LogP contribution in [-0.4, -0.2) is 59.8 Å². The van der Waals surface area contributed by atoms with E-state index in [9.17, 15) is 9.59 Å². The van der Waals surface area contributed by atoms with E-state index in [2.05, 4.69) is 31.4 Å². The fraction of sp³-hybridized carbons (Fsp3) is 0.312. The van der Waals surface area contributed by atoms with Crippen LogP contribution in [-0.2, 0) is 9.53 Å². The smallest absolute Gasteiger partial charge is 0.269 e. The summed E-state index contributed by atoms with van der Waals surface area (Å²) in [6.45, 7) is 2.16. The molecular weight excluding hydrogens is 376 g/mol. The van der Waals surface area contributed by atoms with Crippen LogP contribution in [0.5, 0.6) is 0 Å². The van der Waals surface area contributed by atoms with Crippen molar-refractivity contribution in [3.05, 3.63) is 40.5 Å². The third-order valence-corrected chi connectivity index (χ3v) is 4.26. The summed E-state index contributed by atoms with van der Waals surface area (Å²) in [7, 11) is 0. The van der Waals surface area contributed by atoms with E-state index in [-0.39, 0.29) is 18.4 Å². The van der Waals surface area contributed by atoms with Crippen molar-refractivity contribution in [2.24, 2.45) is 0 Å². The van der Waals surface area contributed by atoms with E-state index in [4.69, 9.17) is 4.74 Å². The van der Waals surface area contributed by atoms with Crippen LogP contribution < -0.4 is 5.32 Å². The third kappa shape index (κ3) is 4.01. The van der Waals surface area contributed by atoms with Gasteiger partial charge in [0.1, 0.15) is 5.69 Å². The number of carbonyl (C=O) groups excluding carboxylic acids is 2. The van der Waals surface area contributed by atoms with Crippen LogP contribution in [0.2, 0.25) is 0 Å². The van der Waals surface area contributed by atoms with Crippen LogP contribution in [0.4, 0.5) is 0 Å². The van der Waals surface area contributed by atoms with Gasteiger partial charge in [-0.2, -0.15) is 5.10 Å². The Bertz CT molecular complexity index is 723. The zero-order valence-corrected chi connectivity index (χ0v) is 14.5. The average Bonchev–Trinajstić information content (AvgIpc) is 3.11. The molecule has 1 aliphatic heterocycles. The molecule has 0 atom stereocenters. The number of aromatic amines is 1. The van der Waals surface area contributed by atoms with Crippen LogP contribution in [0.3, 0.4) is 0 Å². The lowest BCUT2D eigenvalue weighted by atomic mass is 10.1. The number of carbonyl (C=O) groups is 2. The topological polar surface area (TPSA) is 87.3 Å². The van der Waals surface area contributed by atoms with Crippen LogP contribution >= 0.6 is 15.9 Å². The first-order valence-corrected chi connectivity index (χ1v) is 8.38. The summed E-state index contributed by atoms with van der Waals surface area (Å²) in [5.41, 5.74) is 1.90. The number of hydrogen-bond donors (Lipinski definition) is 2. The molecule has 0 saturated carbocycles. The van der Waals surface area contributed by atoms with E-state index >= 15 is 0 Å². The highest BCUT2D eigenvalue weighted by Crippen LogP contribution is 2.20. The SMILES string of the molecule is O=C(NCC(=O)N1CCOCC1)c1cc(-c2ccc(Br)cc2)n[nH]1. The predicted molar refractivity (Wildman–Crippen MR) is 91.5 cm³/mol. The number of aromatic nitrogens is 2. The zero-order chi connectivity index (χ0) is 16.9. The normalized spacial score (nSPS) is 14.5. The maximum atomic E-state index is 12.1. The molecule has 1 fully saturated rings. The number of nitrogens with one attached hydrogen (secondary N) is 2. The molecule has 1 aliphatic rings. The molecule has 126 valence electrons. The second-order valence-corrected chi connectivity index (χ2v) is 6.27. The van der Waals surface area contributed by atoms with E-state index in [0.29, 0.717) is 37.7 Å². The minimum Gasteiger partial charge on any atom is -0.378 e. The first-order valence-electron chi connectivity index (χ1n) is 7.58. The molecule has 0 spiro atoms. The van der Waals surface area contributed by atoms with Crippen molar-refractivity contribution >= 4 is 27.7 Å². The monoisotopic (exact) mass is 392 g/mol. The summed E-state index contributed by atoms with van der Waals surface area (Å²) < 4.78 is 6.17. The molecule has 8 heteroatoms. The largest absolute Gasteiger partial charge is 0.378 e. The fourth-order valence-electron chi connectivity index (χ4n) is 2.38. The fourth-order valence-corrected chi connectivity index (χ4v) is 2.65. The molecule has 0 bridgehead atoms. The number of hydrogen-bond acceptors (Lipinski definition) is 4. The summed E-state index contributed by atoms with van der Waals surface area (Å²) in [5, 5.41) is 9.46. The highest BCUT2D eigenvalue weighted by Gasteiger charge is 2.18. The lowest BCUT2D eigenvalue weighted by Crippen LogP contribution is -2.45. The van der Waals surface area contributed by atoms with Crippen LogP contribution in [0, 0.1) is 0 Å². The number of H-pyrrole nitrogens is 1. The molecule has 2 amide bonds. The van der Waals surface area contributed by atoms with Gasteiger partial charge in [-0.3, -0.25) is 14.7 Å². The molecule has 24 heavy (non-hydrogen) atoms. The second kappa shape index (κ2) is 7.59. The van der Waals surface area contributed by atoms with Crippen LogP contribution in [0.25, 0.3) is 11.3 Å². The highest BCUT2D eigenvalue weighted by molar-refractivity contribution is 9.10. The van der Waals surface area contributed by atoms with Gasteiger partial charge in [0.25, 0.3) is 5.91 Å². The quantitative estimate of drug-likeness (QED) is 0.823. The molecule has 7 nitrogen and oxygen atoms in total. The van der Waals surface area contributed by atoms with Crippen molar-refractivity contribution in [1.82, 2.24) is 20.4 Å². The third-order valence-electron chi connectivity index (χ3n) is 3.73. The minimum absolute atomic E-state index is 0.0362. The number of rotatable bonds is 4. The summed E-state index contributed by atoms with van der Waals surface area (Å²) in [6, 6.07) is 9.29. The molecule has 1 saturated heterocycles. The minimum atomic E-state index is -0.354. The lowest BCUT2D eigenvalue weighted by molar-refractivity contribution is -0.134. The van der Waals surface area contributed by atoms with Crippen molar-refractivity contribution < 1.29 is 14.3 Å². The van der Waals surface area contributed by atoms with E-state index in [1.54, 1.807) is 11.0 Å². The molecule has 1 aromatic carbocycles. The van der Waals surface area contributed by atoms with E-state index in [1.807, 2.05) is 24.3 Å². The standard InChI is InChI=1S/C16H17BrN4O3/c17-12-3-1-11(2-4-12)13-9-14(20-19-13)16(23)18-10-15(22)21-5-7-24-8-6-21/h1-4,9H,5-8,10H2,(H,18,23)(H,19,20). The Balaban J connectivity index is 1.57. The molecule has 2 aromatic rings. The molecule has 3 rings (SSSR count). The van der Waals surface area contributed by atoms with E-state index < -0.39 is 0 Å². The Kier molecular flexibility index (Phi) is 5.27. The Morgan fingerprint density at radius 3 is 2.67 bits per heavy atom. The Morgan fingerprint density at radius 2 is 1.96 bits per heavy atom. The number of benzene rings is 1. The maximum Gasteiger partial charge on any atom is 0.269 e. The number of nitrogens with zero attached hydrogens (tertiary/aromatic N) is 2. The molecule has 0 unspecified atom stereocenters. The van der Waals surface area contributed by atoms with Gasteiger partial charge in [-0.25, -0.2) is 0 Å². The Labute approximate surface area is 147 Å². The lowest BCUT2D eigenvalue weighted by Gasteiger charge is -2.26.